The molecule has 1 N–H and O–H groups in total. The number of hydrogen-bond donors (Lipinski definition) is 1. The van der Waals surface area contributed by atoms with Crippen molar-refractivity contribution in [3.63, 3.8) is 0 Å². The lowest BCUT2D eigenvalue weighted by molar-refractivity contribution is 0.193. The van der Waals surface area contributed by atoms with Crippen LogP contribution in [0.4, 0.5) is 0 Å². The lowest BCUT2D eigenvalue weighted by Crippen LogP contribution is -2.22. The molecule has 9 heteroatoms. The minimum atomic E-state index is -0.666. The predicted molar refractivity (Wildman–Crippen MR) is 122 cm³/mol. The van der Waals surface area contributed by atoms with E-state index in [1.165, 1.54) is 0 Å². The molecule has 2 aromatic carbocycles. The summed E-state index contributed by atoms with van der Waals surface area (Å²) in [5.74, 6) is 0.588. The molecule has 0 atom stereocenters. The van der Waals surface area contributed by atoms with Gasteiger partial charge in [-0.1, -0.05) is 46.9 Å². The van der Waals surface area contributed by atoms with Gasteiger partial charge in [0.05, 0.1) is 28.4 Å². The van der Waals surface area contributed by atoms with Gasteiger partial charge in [0.2, 0.25) is 5.89 Å². The van der Waals surface area contributed by atoms with Crippen molar-refractivity contribution < 1.29 is 9.52 Å². The van der Waals surface area contributed by atoms with Crippen LogP contribution in [-0.2, 0) is 5.41 Å². The van der Waals surface area contributed by atoms with Crippen LogP contribution in [-0.4, -0.2) is 31.7 Å². The molecule has 0 saturated carbocycles. The molecule has 0 aliphatic heterocycles. The molecule has 0 fully saturated rings. The topological polar surface area (TPSA) is 77.0 Å². The first-order chi connectivity index (χ1) is 14.7. The van der Waals surface area contributed by atoms with Gasteiger partial charge in [-0.05, 0) is 51.1 Å². The molecule has 0 bridgehead atoms. The Morgan fingerprint density at radius 1 is 1.00 bits per heavy atom. The van der Waals surface area contributed by atoms with Crippen molar-refractivity contribution in [3.8, 4) is 28.5 Å². The molecule has 0 radical (unpaired) electrons. The van der Waals surface area contributed by atoms with Crippen LogP contribution in [0.5, 0.6) is 0 Å². The van der Waals surface area contributed by atoms with E-state index in [0.717, 1.165) is 16.8 Å². The van der Waals surface area contributed by atoms with Crippen molar-refractivity contribution in [2.45, 2.75) is 26.2 Å². The number of hydrogen-bond acceptors (Lipinski definition) is 5. The molecule has 31 heavy (non-hydrogen) atoms. The van der Waals surface area contributed by atoms with E-state index in [-0.39, 0.29) is 12.5 Å². The highest BCUT2D eigenvalue weighted by atomic mass is 35.5. The lowest BCUT2D eigenvalue weighted by Gasteiger charge is -2.15. The van der Waals surface area contributed by atoms with Gasteiger partial charge in [0.1, 0.15) is 0 Å². The number of halogens is 3. The highest BCUT2D eigenvalue weighted by Crippen LogP contribution is 2.36. The SMILES string of the molecule is Cc1c(-c2nnc(C(C)(C)CO)o2)nn(-c2ccc(Cl)cc2Cl)c1-c1ccc(Cl)cc1. The highest BCUT2D eigenvalue weighted by Gasteiger charge is 2.29. The molecule has 2 heterocycles. The molecule has 6 nitrogen and oxygen atoms in total. The van der Waals surface area contributed by atoms with Crippen LogP contribution in [0.15, 0.2) is 46.9 Å². The van der Waals surface area contributed by atoms with E-state index in [0.29, 0.717) is 32.3 Å². The Hall–Kier alpha value is -2.38. The van der Waals surface area contributed by atoms with Crippen LogP contribution in [0.3, 0.4) is 0 Å². The summed E-state index contributed by atoms with van der Waals surface area (Å²) in [4.78, 5) is 0. The molecule has 2 aromatic heterocycles. The van der Waals surface area contributed by atoms with Crippen LogP contribution >= 0.6 is 34.8 Å². The first-order valence-electron chi connectivity index (χ1n) is 9.47. The van der Waals surface area contributed by atoms with Gasteiger partial charge in [0.25, 0.3) is 5.89 Å². The van der Waals surface area contributed by atoms with E-state index in [9.17, 15) is 5.11 Å². The third-order valence-electron chi connectivity index (χ3n) is 4.98. The summed E-state index contributed by atoms with van der Waals surface area (Å²) in [7, 11) is 0. The van der Waals surface area contributed by atoms with Crippen LogP contribution in [0.2, 0.25) is 15.1 Å². The van der Waals surface area contributed by atoms with Crippen molar-refractivity contribution in [2.75, 3.05) is 6.61 Å². The van der Waals surface area contributed by atoms with Crippen molar-refractivity contribution in [2.24, 2.45) is 0 Å². The van der Waals surface area contributed by atoms with Gasteiger partial charge in [-0.25, -0.2) is 4.68 Å². The van der Waals surface area contributed by atoms with E-state index in [1.807, 2.05) is 45.0 Å². The average molecular weight is 478 g/mol. The Labute approximate surface area is 194 Å². The average Bonchev–Trinajstić information content (AvgIpc) is 3.34. The minimum Gasteiger partial charge on any atom is -0.419 e. The number of aliphatic hydroxyl groups excluding tert-OH is 1. The van der Waals surface area contributed by atoms with Gasteiger partial charge in [-0.15, -0.1) is 10.2 Å². The zero-order chi connectivity index (χ0) is 22.3. The smallest absolute Gasteiger partial charge is 0.268 e. The molecule has 4 aromatic rings. The second-order valence-corrected chi connectivity index (χ2v) is 9.07. The number of rotatable bonds is 5. The molecule has 0 aliphatic carbocycles. The number of aliphatic hydroxyl groups is 1. The van der Waals surface area contributed by atoms with Crippen LogP contribution in [0, 0.1) is 6.92 Å². The minimum absolute atomic E-state index is 0.127. The Morgan fingerprint density at radius 2 is 1.68 bits per heavy atom. The van der Waals surface area contributed by atoms with Crippen molar-refractivity contribution in [1.82, 2.24) is 20.0 Å². The van der Waals surface area contributed by atoms with Gasteiger partial charge in [0.15, 0.2) is 5.69 Å². The second-order valence-electron chi connectivity index (χ2n) is 7.79. The number of aromatic nitrogens is 4. The van der Waals surface area contributed by atoms with Crippen LogP contribution < -0.4 is 0 Å². The first-order valence-corrected chi connectivity index (χ1v) is 10.6. The Kier molecular flexibility index (Phi) is 5.83. The summed E-state index contributed by atoms with van der Waals surface area (Å²) in [6.07, 6.45) is 0. The largest absolute Gasteiger partial charge is 0.419 e. The molecule has 4 rings (SSSR count). The summed E-state index contributed by atoms with van der Waals surface area (Å²) in [6, 6.07) is 12.6. The van der Waals surface area contributed by atoms with Gasteiger partial charge in [-0.3, -0.25) is 0 Å². The normalized spacial score (nSPS) is 11.8. The molecule has 0 amide bonds. The summed E-state index contributed by atoms with van der Waals surface area (Å²) in [5, 5.41) is 24.3. The molecule has 0 saturated heterocycles. The van der Waals surface area contributed by atoms with Crippen molar-refractivity contribution >= 4 is 34.8 Å². The van der Waals surface area contributed by atoms with Gasteiger partial charge >= 0.3 is 0 Å². The fourth-order valence-electron chi connectivity index (χ4n) is 3.13. The summed E-state index contributed by atoms with van der Waals surface area (Å²) < 4.78 is 7.61. The summed E-state index contributed by atoms with van der Waals surface area (Å²) >= 11 is 18.7. The van der Waals surface area contributed by atoms with Gasteiger partial charge in [0, 0.05) is 21.2 Å². The molecule has 0 spiro atoms. The predicted octanol–water partition coefficient (Wildman–Crippen LogP) is 6.13. The zero-order valence-electron chi connectivity index (χ0n) is 17.0. The van der Waals surface area contributed by atoms with E-state index in [1.54, 1.807) is 22.9 Å². The third kappa shape index (κ3) is 4.08. The first kappa shape index (κ1) is 21.8. The zero-order valence-corrected chi connectivity index (χ0v) is 19.3. The fraction of sp³-hybridized carbons (Fsp3) is 0.227. The van der Waals surface area contributed by atoms with Crippen LogP contribution in [0.25, 0.3) is 28.5 Å². The molecule has 0 unspecified atom stereocenters. The standard InChI is InChI=1S/C22H19Cl3N4O2/c1-12-18(20-26-27-21(31-20)22(2,3)11-30)28-29(17-9-8-15(24)10-16(17)25)19(12)13-4-6-14(23)7-5-13/h4-10,30H,11H2,1-3H3. The van der Waals surface area contributed by atoms with Crippen molar-refractivity contribution in [3.05, 3.63) is 69.0 Å². The van der Waals surface area contributed by atoms with E-state index < -0.39 is 5.41 Å². The van der Waals surface area contributed by atoms with Crippen molar-refractivity contribution in [1.29, 1.82) is 0 Å². The molecular formula is C22H19Cl3N4O2. The second kappa shape index (κ2) is 8.28. The summed E-state index contributed by atoms with van der Waals surface area (Å²) in [5.41, 5.74) is 3.02. The van der Waals surface area contributed by atoms with Gasteiger partial charge < -0.3 is 9.52 Å². The quantitative estimate of drug-likeness (QED) is 0.374. The Balaban J connectivity index is 1.94. The van der Waals surface area contributed by atoms with E-state index in [4.69, 9.17) is 44.3 Å². The number of nitrogens with zero attached hydrogens (tertiary/aromatic N) is 4. The maximum atomic E-state index is 9.62. The van der Waals surface area contributed by atoms with Crippen LogP contribution in [0.1, 0.15) is 25.3 Å². The molecule has 0 aliphatic rings. The third-order valence-corrected chi connectivity index (χ3v) is 5.77. The Morgan fingerprint density at radius 3 is 2.32 bits per heavy atom. The highest BCUT2D eigenvalue weighted by molar-refractivity contribution is 6.35. The maximum Gasteiger partial charge on any atom is 0.268 e. The maximum absolute atomic E-state index is 9.62. The molecule has 160 valence electrons. The fourth-order valence-corrected chi connectivity index (χ4v) is 3.75. The molecular weight excluding hydrogens is 459 g/mol. The monoisotopic (exact) mass is 476 g/mol. The number of benzene rings is 2. The lowest BCUT2D eigenvalue weighted by atomic mass is 9.95. The van der Waals surface area contributed by atoms with E-state index in [2.05, 4.69) is 10.2 Å². The van der Waals surface area contributed by atoms with Gasteiger partial charge in [-0.2, -0.15) is 5.10 Å². The summed E-state index contributed by atoms with van der Waals surface area (Å²) in [6.45, 7) is 5.44. The van der Waals surface area contributed by atoms with E-state index >= 15 is 0 Å². The Bertz CT molecular complexity index is 1250.